The van der Waals surface area contributed by atoms with Crippen molar-refractivity contribution in [1.82, 2.24) is 10.4 Å². The number of nitrogens with zero attached hydrogens (tertiary/aromatic N) is 2. The Hall–Kier alpha value is -1.80. The lowest BCUT2D eigenvalue weighted by Gasteiger charge is -2.16. The largest absolute Gasteiger partial charge is 0.462 e. The molecule has 1 aromatic rings. The average Bonchev–Trinajstić information content (AvgIpc) is 3.21. The first-order valence-corrected chi connectivity index (χ1v) is 9.56. The molecule has 0 aliphatic carbocycles. The number of amidine groups is 1. The zero-order chi connectivity index (χ0) is 17.8. The van der Waals surface area contributed by atoms with E-state index in [-0.39, 0.29) is 12.1 Å². The van der Waals surface area contributed by atoms with E-state index in [1.807, 2.05) is 13.8 Å². The topological polar surface area (TPSA) is 88.1 Å². The number of aromatic amines is 1. The fourth-order valence-corrected chi connectivity index (χ4v) is 3.86. The predicted molar refractivity (Wildman–Crippen MR) is 99.6 cm³/mol. The number of aromatic nitrogens is 1. The molecule has 0 aromatic carbocycles. The summed E-state index contributed by atoms with van der Waals surface area (Å²) in [6, 6.07) is 0. The summed E-state index contributed by atoms with van der Waals surface area (Å²) in [7, 11) is 0. The second-order valence-corrected chi connectivity index (χ2v) is 7.05. The van der Waals surface area contributed by atoms with E-state index in [0.29, 0.717) is 24.5 Å². The Morgan fingerprint density at radius 2 is 2.28 bits per heavy atom. The number of hydrogen-bond donors (Lipinski definition) is 2. The van der Waals surface area contributed by atoms with Crippen LogP contribution in [0.3, 0.4) is 0 Å². The number of nitrogens with one attached hydrogen (secondary N) is 2. The van der Waals surface area contributed by atoms with Crippen LogP contribution in [0.4, 0.5) is 0 Å². The molecule has 0 radical (unpaired) electrons. The van der Waals surface area contributed by atoms with Crippen molar-refractivity contribution in [1.29, 1.82) is 0 Å². The summed E-state index contributed by atoms with van der Waals surface area (Å²) >= 11 is 1.59. The highest BCUT2D eigenvalue weighted by Crippen LogP contribution is 2.24. The summed E-state index contributed by atoms with van der Waals surface area (Å²) in [5, 5.41) is 5.24. The Kier molecular flexibility index (Phi) is 5.80. The fraction of sp³-hybridized carbons (Fsp3) is 0.588. The Morgan fingerprint density at radius 3 is 2.92 bits per heavy atom. The van der Waals surface area contributed by atoms with E-state index in [1.54, 1.807) is 18.7 Å². The van der Waals surface area contributed by atoms with Gasteiger partial charge in [0.15, 0.2) is 5.17 Å². The Morgan fingerprint density at radius 1 is 1.44 bits per heavy atom. The van der Waals surface area contributed by atoms with Crippen LogP contribution >= 0.6 is 11.8 Å². The number of aliphatic imine (C=N–C) groups is 1. The van der Waals surface area contributed by atoms with Gasteiger partial charge < -0.3 is 14.5 Å². The van der Waals surface area contributed by atoms with Gasteiger partial charge in [0.25, 0.3) is 0 Å². The van der Waals surface area contributed by atoms with Crippen molar-refractivity contribution in [2.75, 3.05) is 25.5 Å². The Balaban J connectivity index is 1.75. The van der Waals surface area contributed by atoms with Gasteiger partial charge in [-0.15, -0.1) is 0 Å². The molecule has 0 amide bonds. The number of H-pyrrole nitrogens is 1. The number of carbonyl (C=O) groups excluding carboxylic acids is 1. The van der Waals surface area contributed by atoms with Crippen LogP contribution in [0.2, 0.25) is 0 Å². The van der Waals surface area contributed by atoms with Crippen LogP contribution in [-0.4, -0.2) is 53.4 Å². The van der Waals surface area contributed by atoms with E-state index in [9.17, 15) is 4.79 Å². The SMILES string of the molecule is CCOC(=O)c1c(C)[nH]c(C)c1C1=NNC(=NC[C@H]2CCCO2)SC1. The number of carbonyl (C=O) groups is 1. The zero-order valence-electron chi connectivity index (χ0n) is 14.8. The molecular formula is C17H24N4O3S. The first-order valence-electron chi connectivity index (χ1n) is 8.58. The molecule has 2 aliphatic heterocycles. The van der Waals surface area contributed by atoms with E-state index < -0.39 is 0 Å². The van der Waals surface area contributed by atoms with Crippen LogP contribution in [-0.2, 0) is 9.47 Å². The van der Waals surface area contributed by atoms with Crippen LogP contribution in [0.1, 0.15) is 47.1 Å². The lowest BCUT2D eigenvalue weighted by Crippen LogP contribution is -2.27. The van der Waals surface area contributed by atoms with Crippen molar-refractivity contribution in [3.05, 3.63) is 22.5 Å². The molecule has 2 N–H and O–H groups in total. The van der Waals surface area contributed by atoms with Gasteiger partial charge in [-0.2, -0.15) is 5.10 Å². The Labute approximate surface area is 151 Å². The zero-order valence-corrected chi connectivity index (χ0v) is 15.7. The van der Waals surface area contributed by atoms with Gasteiger partial charge in [-0.05, 0) is 33.6 Å². The van der Waals surface area contributed by atoms with Gasteiger partial charge in [-0.25, -0.2) is 4.79 Å². The van der Waals surface area contributed by atoms with Crippen molar-refractivity contribution in [2.45, 2.75) is 39.7 Å². The van der Waals surface area contributed by atoms with Gasteiger partial charge >= 0.3 is 5.97 Å². The molecule has 3 rings (SSSR count). The van der Waals surface area contributed by atoms with Crippen molar-refractivity contribution < 1.29 is 14.3 Å². The summed E-state index contributed by atoms with van der Waals surface area (Å²) in [6.45, 7) is 7.47. The van der Waals surface area contributed by atoms with E-state index in [2.05, 4.69) is 20.5 Å². The number of thioether (sulfide) groups is 1. The van der Waals surface area contributed by atoms with E-state index in [0.717, 1.165) is 47.3 Å². The van der Waals surface area contributed by atoms with E-state index >= 15 is 0 Å². The van der Waals surface area contributed by atoms with Gasteiger partial charge in [0.05, 0.1) is 30.5 Å². The monoisotopic (exact) mass is 364 g/mol. The highest BCUT2D eigenvalue weighted by molar-refractivity contribution is 8.14. The van der Waals surface area contributed by atoms with Gasteiger partial charge in [-0.1, -0.05) is 11.8 Å². The van der Waals surface area contributed by atoms with E-state index in [1.165, 1.54) is 0 Å². The number of rotatable bonds is 5. The van der Waals surface area contributed by atoms with Crippen LogP contribution in [0.5, 0.6) is 0 Å². The van der Waals surface area contributed by atoms with Crippen molar-refractivity contribution >= 4 is 28.6 Å². The molecule has 1 aromatic heterocycles. The quantitative estimate of drug-likeness (QED) is 0.783. The highest BCUT2D eigenvalue weighted by atomic mass is 32.2. The number of aryl methyl sites for hydroxylation is 2. The van der Waals surface area contributed by atoms with Crippen LogP contribution < -0.4 is 5.43 Å². The second-order valence-electron chi connectivity index (χ2n) is 6.09. The summed E-state index contributed by atoms with van der Waals surface area (Å²) < 4.78 is 10.8. The summed E-state index contributed by atoms with van der Waals surface area (Å²) in [6.07, 6.45) is 2.41. The van der Waals surface area contributed by atoms with Gasteiger partial charge in [-0.3, -0.25) is 10.4 Å². The van der Waals surface area contributed by atoms with Crippen LogP contribution in [0.25, 0.3) is 0 Å². The summed E-state index contributed by atoms with van der Waals surface area (Å²) in [5.74, 6) is 0.340. The molecule has 2 aliphatic rings. The van der Waals surface area contributed by atoms with Crippen LogP contribution in [0, 0.1) is 13.8 Å². The first-order chi connectivity index (χ1) is 12.1. The molecule has 25 heavy (non-hydrogen) atoms. The fourth-order valence-electron chi connectivity index (χ4n) is 3.10. The van der Waals surface area contributed by atoms with E-state index in [4.69, 9.17) is 9.47 Å². The molecule has 0 saturated carbocycles. The lowest BCUT2D eigenvalue weighted by molar-refractivity contribution is 0.0525. The van der Waals surface area contributed by atoms with Crippen molar-refractivity contribution in [3.8, 4) is 0 Å². The molecule has 1 atom stereocenters. The Bertz CT molecular complexity index is 705. The minimum absolute atomic E-state index is 0.227. The normalized spacial score (nSPS) is 22.0. The van der Waals surface area contributed by atoms with Crippen LogP contribution in [0.15, 0.2) is 10.1 Å². The maximum Gasteiger partial charge on any atom is 0.340 e. The molecule has 1 fully saturated rings. The second kappa shape index (κ2) is 8.05. The summed E-state index contributed by atoms with van der Waals surface area (Å²) in [5.41, 5.74) is 6.95. The molecule has 7 nitrogen and oxygen atoms in total. The third kappa shape index (κ3) is 4.07. The molecule has 3 heterocycles. The van der Waals surface area contributed by atoms with Gasteiger partial charge in [0.1, 0.15) is 0 Å². The van der Waals surface area contributed by atoms with Gasteiger partial charge in [0.2, 0.25) is 0 Å². The minimum atomic E-state index is -0.315. The molecule has 0 bridgehead atoms. The molecular weight excluding hydrogens is 340 g/mol. The smallest absolute Gasteiger partial charge is 0.340 e. The summed E-state index contributed by atoms with van der Waals surface area (Å²) in [4.78, 5) is 20.1. The maximum atomic E-state index is 12.3. The number of hydrazone groups is 1. The first kappa shape index (κ1) is 18.0. The standard InChI is InChI=1S/C17H24N4O3S/c1-4-23-16(22)15-11(3)19-10(2)14(15)13-9-25-17(21-20-13)18-8-12-6-5-7-24-12/h12,19H,4-9H2,1-3H3,(H,18,21)/t12-/m1/s1. The van der Waals surface area contributed by atoms with Crippen molar-refractivity contribution in [2.24, 2.45) is 10.1 Å². The molecule has 1 saturated heterocycles. The molecule has 0 spiro atoms. The number of hydrogen-bond acceptors (Lipinski definition) is 6. The molecule has 0 unspecified atom stereocenters. The molecule has 136 valence electrons. The molecule has 8 heteroatoms. The maximum absolute atomic E-state index is 12.3. The number of ether oxygens (including phenoxy) is 2. The number of esters is 1. The predicted octanol–water partition coefficient (Wildman–Crippen LogP) is 2.38. The van der Waals surface area contributed by atoms with Gasteiger partial charge in [0, 0.05) is 29.3 Å². The third-order valence-corrected chi connectivity index (χ3v) is 5.15. The lowest BCUT2D eigenvalue weighted by atomic mass is 10.1. The third-order valence-electron chi connectivity index (χ3n) is 4.24. The highest BCUT2D eigenvalue weighted by Gasteiger charge is 2.26. The minimum Gasteiger partial charge on any atom is -0.462 e. The van der Waals surface area contributed by atoms with Crippen molar-refractivity contribution in [3.63, 3.8) is 0 Å². The average molecular weight is 364 g/mol.